The van der Waals surface area contributed by atoms with E-state index in [1.54, 1.807) is 20.3 Å². The van der Waals surface area contributed by atoms with Crippen molar-refractivity contribution in [2.75, 3.05) is 20.8 Å². The number of aromatic nitrogens is 2. The number of rotatable bonds is 11. The maximum absolute atomic E-state index is 13.1. The number of hydrogen-bond donors (Lipinski definition) is 2. The van der Waals surface area contributed by atoms with Crippen molar-refractivity contribution in [3.05, 3.63) is 171 Å². The van der Waals surface area contributed by atoms with Crippen molar-refractivity contribution < 1.29 is 28.8 Å². The molecule has 2 heterocycles. The Kier molecular flexibility index (Phi) is 9.23. The van der Waals surface area contributed by atoms with E-state index in [0.29, 0.717) is 17.2 Å². The highest BCUT2D eigenvalue weighted by molar-refractivity contribution is 5.88. The lowest BCUT2D eigenvalue weighted by molar-refractivity contribution is -0.0955. The molecule has 1 fully saturated rings. The third-order valence-electron chi connectivity index (χ3n) is 9.09. The second-order valence-electron chi connectivity index (χ2n) is 11.9. The van der Waals surface area contributed by atoms with Crippen molar-refractivity contribution in [1.82, 2.24) is 9.55 Å². The molecule has 4 atom stereocenters. The molecule has 6 aromatic rings. The first kappa shape index (κ1) is 32.8. The summed E-state index contributed by atoms with van der Waals surface area (Å²) in [5.41, 5.74) is 0.0145. The van der Waals surface area contributed by atoms with E-state index >= 15 is 0 Å². The van der Waals surface area contributed by atoms with Gasteiger partial charge in [0.05, 0.1) is 20.8 Å². The van der Waals surface area contributed by atoms with Gasteiger partial charge in [0.1, 0.15) is 35.1 Å². The molecule has 254 valence electrons. The molecule has 7 rings (SSSR count). The standard InChI is InChI=1S/C40H36N2O8/c1-46-30-19-15-28(16-20-30)40(27-11-4-3-5-12-27,29-17-21-31(47-2)22-18-29)48-25-34-36(44)37(38(50-34)42-24-23-35(43)41-39(42)45)49-33-14-8-10-26-9-6-7-13-32(26)33/h3-24,34,36-38,44H,25H2,1-2H3,(H,41,43,45). The molecule has 0 amide bonds. The first-order chi connectivity index (χ1) is 24.4. The van der Waals surface area contributed by atoms with Crippen LogP contribution >= 0.6 is 0 Å². The summed E-state index contributed by atoms with van der Waals surface area (Å²) in [4.78, 5) is 27.3. The third-order valence-corrected chi connectivity index (χ3v) is 9.09. The Labute approximate surface area is 288 Å². The van der Waals surface area contributed by atoms with Crippen molar-refractivity contribution in [3.63, 3.8) is 0 Å². The molecule has 10 nitrogen and oxygen atoms in total. The largest absolute Gasteiger partial charge is 0.497 e. The number of benzene rings is 5. The summed E-state index contributed by atoms with van der Waals surface area (Å²) in [6, 6.07) is 39.6. The monoisotopic (exact) mass is 672 g/mol. The summed E-state index contributed by atoms with van der Waals surface area (Å²) in [5.74, 6) is 1.88. The minimum atomic E-state index is -1.25. The average Bonchev–Trinajstić information content (AvgIpc) is 3.46. The molecule has 50 heavy (non-hydrogen) atoms. The number of H-pyrrole nitrogens is 1. The highest BCUT2D eigenvalue weighted by atomic mass is 16.6. The molecule has 2 N–H and O–H groups in total. The number of hydrogen-bond acceptors (Lipinski definition) is 8. The van der Waals surface area contributed by atoms with Gasteiger partial charge in [-0.3, -0.25) is 14.3 Å². The second-order valence-corrected chi connectivity index (χ2v) is 11.9. The summed E-state index contributed by atoms with van der Waals surface area (Å²) in [6.07, 6.45) is -3.03. The van der Waals surface area contributed by atoms with Crippen LogP contribution in [0.15, 0.2) is 143 Å². The van der Waals surface area contributed by atoms with Crippen LogP contribution in [0.2, 0.25) is 0 Å². The van der Waals surface area contributed by atoms with Gasteiger partial charge in [-0.2, -0.15) is 0 Å². The number of aliphatic hydroxyl groups is 1. The maximum Gasteiger partial charge on any atom is 0.330 e. The Morgan fingerprint density at radius 1 is 0.740 bits per heavy atom. The molecule has 5 aromatic carbocycles. The lowest BCUT2D eigenvalue weighted by Crippen LogP contribution is -2.42. The highest BCUT2D eigenvalue weighted by Gasteiger charge is 2.49. The predicted octanol–water partition coefficient (Wildman–Crippen LogP) is 5.42. The first-order valence-corrected chi connectivity index (χ1v) is 16.2. The van der Waals surface area contributed by atoms with E-state index in [1.165, 1.54) is 16.8 Å². The molecule has 0 bridgehead atoms. The topological polar surface area (TPSA) is 121 Å². The van der Waals surface area contributed by atoms with E-state index in [-0.39, 0.29) is 6.61 Å². The molecule has 1 aliphatic rings. The van der Waals surface area contributed by atoms with Crippen LogP contribution in [-0.4, -0.2) is 53.8 Å². The molecule has 0 saturated carbocycles. The summed E-state index contributed by atoms with van der Waals surface area (Å²) < 4.78 is 32.1. The number of methoxy groups -OCH3 is 2. The van der Waals surface area contributed by atoms with E-state index in [4.69, 9.17) is 23.7 Å². The van der Waals surface area contributed by atoms with Crippen LogP contribution in [0.1, 0.15) is 22.9 Å². The van der Waals surface area contributed by atoms with E-state index < -0.39 is 41.4 Å². The quantitative estimate of drug-likeness (QED) is 0.175. The Bertz CT molecular complexity index is 2130. The Morgan fingerprint density at radius 3 is 1.98 bits per heavy atom. The van der Waals surface area contributed by atoms with Crippen molar-refractivity contribution >= 4 is 10.8 Å². The van der Waals surface area contributed by atoms with Gasteiger partial charge in [-0.15, -0.1) is 0 Å². The van der Waals surface area contributed by atoms with Crippen LogP contribution < -0.4 is 25.5 Å². The number of aromatic amines is 1. The zero-order valence-corrected chi connectivity index (χ0v) is 27.5. The average molecular weight is 673 g/mol. The summed E-state index contributed by atoms with van der Waals surface area (Å²) in [6.45, 7) is -0.113. The zero-order chi connectivity index (χ0) is 34.7. The van der Waals surface area contributed by atoms with Crippen molar-refractivity contribution in [3.8, 4) is 17.2 Å². The van der Waals surface area contributed by atoms with Crippen molar-refractivity contribution in [1.29, 1.82) is 0 Å². The zero-order valence-electron chi connectivity index (χ0n) is 27.5. The van der Waals surface area contributed by atoms with Gasteiger partial charge in [-0.1, -0.05) is 91.0 Å². The Hall–Kier alpha value is -5.68. The molecule has 1 aromatic heterocycles. The molecule has 1 saturated heterocycles. The summed E-state index contributed by atoms with van der Waals surface area (Å²) in [7, 11) is 3.22. The molecular formula is C40H36N2O8. The van der Waals surface area contributed by atoms with Gasteiger partial charge in [0, 0.05) is 17.6 Å². The molecular weight excluding hydrogens is 636 g/mol. The third kappa shape index (κ3) is 6.16. The van der Waals surface area contributed by atoms with Crippen LogP contribution in [0, 0.1) is 0 Å². The van der Waals surface area contributed by atoms with Gasteiger partial charge < -0.3 is 28.8 Å². The fourth-order valence-electron chi connectivity index (χ4n) is 6.56. The fourth-order valence-corrected chi connectivity index (χ4v) is 6.56. The first-order valence-electron chi connectivity index (χ1n) is 16.2. The maximum atomic E-state index is 13.1. The number of nitrogens with one attached hydrogen (secondary N) is 1. The van der Waals surface area contributed by atoms with E-state index in [0.717, 1.165) is 27.5 Å². The Morgan fingerprint density at radius 2 is 1.34 bits per heavy atom. The molecule has 4 unspecified atom stereocenters. The Balaban J connectivity index is 1.30. The van der Waals surface area contributed by atoms with Crippen LogP contribution in [-0.2, 0) is 15.1 Å². The van der Waals surface area contributed by atoms with E-state index in [9.17, 15) is 14.7 Å². The van der Waals surface area contributed by atoms with Crippen LogP contribution in [0.3, 0.4) is 0 Å². The SMILES string of the molecule is COc1ccc(C(OCC2OC(n3ccc(=O)[nH]c3=O)C(Oc3cccc4ccccc34)C2O)(c2ccccc2)c2ccc(OC)cc2)cc1. The minimum absolute atomic E-state index is 0.113. The molecule has 0 radical (unpaired) electrons. The molecule has 1 aliphatic heterocycles. The van der Waals surface area contributed by atoms with Gasteiger partial charge >= 0.3 is 5.69 Å². The minimum Gasteiger partial charge on any atom is -0.497 e. The highest BCUT2D eigenvalue weighted by Crippen LogP contribution is 2.43. The van der Waals surface area contributed by atoms with Crippen molar-refractivity contribution in [2.45, 2.75) is 30.1 Å². The second kappa shape index (κ2) is 14.0. The predicted molar refractivity (Wildman–Crippen MR) is 188 cm³/mol. The summed E-state index contributed by atoms with van der Waals surface area (Å²) in [5, 5.41) is 13.7. The molecule has 10 heteroatoms. The number of ether oxygens (including phenoxy) is 5. The normalized spacial score (nSPS) is 18.9. The lowest BCUT2D eigenvalue weighted by atomic mass is 9.80. The molecule has 0 aliphatic carbocycles. The lowest BCUT2D eigenvalue weighted by Gasteiger charge is -2.37. The fraction of sp³-hybridized carbons (Fsp3) is 0.200. The number of aliphatic hydroxyl groups excluding tert-OH is 1. The van der Waals surface area contributed by atoms with E-state index in [2.05, 4.69) is 4.98 Å². The van der Waals surface area contributed by atoms with Gasteiger partial charge in [0.25, 0.3) is 5.56 Å². The van der Waals surface area contributed by atoms with Gasteiger partial charge in [-0.25, -0.2) is 4.79 Å². The molecule has 0 spiro atoms. The number of fused-ring (bicyclic) bond motifs is 1. The van der Waals surface area contributed by atoms with Crippen molar-refractivity contribution in [2.24, 2.45) is 0 Å². The van der Waals surface area contributed by atoms with Gasteiger partial charge in [-0.05, 0) is 52.4 Å². The smallest absolute Gasteiger partial charge is 0.330 e. The van der Waals surface area contributed by atoms with E-state index in [1.807, 2.05) is 115 Å². The van der Waals surface area contributed by atoms with Crippen LogP contribution in [0.5, 0.6) is 17.2 Å². The van der Waals surface area contributed by atoms with Gasteiger partial charge in [0.15, 0.2) is 12.3 Å². The van der Waals surface area contributed by atoms with Crippen LogP contribution in [0.25, 0.3) is 10.8 Å². The van der Waals surface area contributed by atoms with Crippen LogP contribution in [0.4, 0.5) is 0 Å². The van der Waals surface area contributed by atoms with Gasteiger partial charge in [0.2, 0.25) is 0 Å². The summed E-state index contributed by atoms with van der Waals surface area (Å²) >= 11 is 0. The number of nitrogens with zero attached hydrogens (tertiary/aromatic N) is 1.